The molecule has 1 aromatic heterocycles. The summed E-state index contributed by atoms with van der Waals surface area (Å²) in [6.07, 6.45) is 0.281. The maximum absolute atomic E-state index is 12.5. The van der Waals surface area contributed by atoms with Gasteiger partial charge >= 0.3 is 0 Å². The molecule has 1 fully saturated rings. The molecule has 6 nitrogen and oxygen atoms in total. The molecule has 1 saturated heterocycles. The van der Waals surface area contributed by atoms with Crippen molar-refractivity contribution in [2.45, 2.75) is 6.42 Å². The molecule has 0 atom stereocenters. The van der Waals surface area contributed by atoms with Gasteiger partial charge in [0, 0.05) is 43.0 Å². The molecule has 108 valence electrons. The molecule has 0 aliphatic carbocycles. The van der Waals surface area contributed by atoms with Crippen molar-refractivity contribution >= 4 is 22.7 Å². The molecule has 1 aromatic carbocycles. The highest BCUT2D eigenvalue weighted by Crippen LogP contribution is 2.10. The van der Waals surface area contributed by atoms with Gasteiger partial charge in [0.1, 0.15) is 5.69 Å². The quantitative estimate of drug-likeness (QED) is 0.800. The second-order valence-corrected chi connectivity index (χ2v) is 4.99. The van der Waals surface area contributed by atoms with Crippen LogP contribution in [0.15, 0.2) is 35.1 Å². The van der Waals surface area contributed by atoms with Crippen molar-refractivity contribution in [1.82, 2.24) is 15.2 Å². The zero-order valence-corrected chi connectivity index (χ0v) is 11.4. The summed E-state index contributed by atoms with van der Waals surface area (Å²) >= 11 is 0. The molecule has 0 radical (unpaired) electrons. The lowest BCUT2D eigenvalue weighted by atomic mass is 10.2. The van der Waals surface area contributed by atoms with Crippen molar-refractivity contribution in [2.24, 2.45) is 0 Å². The summed E-state index contributed by atoms with van der Waals surface area (Å²) in [4.78, 5) is 40.4. The van der Waals surface area contributed by atoms with Crippen molar-refractivity contribution in [3.63, 3.8) is 0 Å². The minimum Gasteiger partial charge on any atom is -0.354 e. The number of amides is 2. The molecule has 0 saturated carbocycles. The van der Waals surface area contributed by atoms with Crippen molar-refractivity contribution in [3.8, 4) is 0 Å². The molecule has 3 rings (SSSR count). The summed E-state index contributed by atoms with van der Waals surface area (Å²) in [5, 5.41) is 3.27. The topological polar surface area (TPSA) is 82.3 Å². The molecule has 1 aliphatic heterocycles. The van der Waals surface area contributed by atoms with Crippen LogP contribution in [0.2, 0.25) is 0 Å². The zero-order chi connectivity index (χ0) is 14.8. The van der Waals surface area contributed by atoms with Crippen LogP contribution in [0.3, 0.4) is 0 Å². The molecule has 0 unspecified atom stereocenters. The van der Waals surface area contributed by atoms with Crippen molar-refractivity contribution < 1.29 is 9.59 Å². The van der Waals surface area contributed by atoms with E-state index >= 15 is 0 Å². The summed E-state index contributed by atoms with van der Waals surface area (Å²) in [5.41, 5.74) is 0.710. The SMILES string of the molecule is O=C1CCN(C(=O)c2cc(=O)c3ccccc3[nH]2)CCN1. The number of pyridine rings is 1. The first-order chi connectivity index (χ1) is 10.1. The number of nitrogens with one attached hydrogen (secondary N) is 2. The average molecular weight is 285 g/mol. The van der Waals surface area contributed by atoms with Crippen LogP contribution in [0.4, 0.5) is 0 Å². The molecule has 0 spiro atoms. The number of hydrogen-bond donors (Lipinski definition) is 2. The lowest BCUT2D eigenvalue weighted by Crippen LogP contribution is -2.35. The Balaban J connectivity index is 1.94. The number of aromatic nitrogens is 1. The number of aromatic amines is 1. The first-order valence-corrected chi connectivity index (χ1v) is 6.83. The number of nitrogens with zero attached hydrogens (tertiary/aromatic N) is 1. The number of hydrogen-bond acceptors (Lipinski definition) is 3. The minimum atomic E-state index is -0.255. The van der Waals surface area contributed by atoms with Gasteiger partial charge in [0.05, 0.1) is 0 Å². The number of fused-ring (bicyclic) bond motifs is 1. The van der Waals surface area contributed by atoms with E-state index in [1.54, 1.807) is 29.2 Å². The van der Waals surface area contributed by atoms with Gasteiger partial charge in [0.2, 0.25) is 5.91 Å². The Morgan fingerprint density at radius 1 is 1.14 bits per heavy atom. The lowest BCUT2D eigenvalue weighted by molar-refractivity contribution is -0.120. The fourth-order valence-corrected chi connectivity index (χ4v) is 2.45. The fourth-order valence-electron chi connectivity index (χ4n) is 2.45. The minimum absolute atomic E-state index is 0.0581. The molecule has 21 heavy (non-hydrogen) atoms. The number of carbonyl (C=O) groups is 2. The Morgan fingerprint density at radius 2 is 1.95 bits per heavy atom. The monoisotopic (exact) mass is 285 g/mol. The van der Waals surface area contributed by atoms with Gasteiger partial charge in [-0.15, -0.1) is 0 Å². The van der Waals surface area contributed by atoms with E-state index in [1.807, 2.05) is 0 Å². The lowest BCUT2D eigenvalue weighted by Gasteiger charge is -2.19. The van der Waals surface area contributed by atoms with Crippen molar-refractivity contribution in [1.29, 1.82) is 0 Å². The number of para-hydroxylation sites is 1. The predicted molar refractivity (Wildman–Crippen MR) is 78.1 cm³/mol. The third kappa shape index (κ3) is 2.65. The molecule has 2 aromatic rings. The molecule has 6 heteroatoms. The Labute approximate surface area is 120 Å². The molecular formula is C15H15N3O3. The normalized spacial score (nSPS) is 15.6. The standard InChI is InChI=1S/C15H15N3O3/c19-13-9-12(17-11-4-2-1-3-10(11)13)15(21)18-7-5-14(20)16-6-8-18/h1-4,9H,5-8H2,(H,16,20)(H,17,19). The molecule has 0 bridgehead atoms. The van der Waals surface area contributed by atoms with Crippen LogP contribution in [0.1, 0.15) is 16.9 Å². The van der Waals surface area contributed by atoms with Gasteiger partial charge in [-0.3, -0.25) is 14.4 Å². The Bertz CT molecular complexity index is 766. The van der Waals surface area contributed by atoms with Gasteiger partial charge in [0.25, 0.3) is 5.91 Å². The van der Waals surface area contributed by atoms with E-state index in [1.165, 1.54) is 6.07 Å². The summed E-state index contributed by atoms with van der Waals surface area (Å²) in [7, 11) is 0. The van der Waals surface area contributed by atoms with E-state index in [2.05, 4.69) is 10.3 Å². The maximum atomic E-state index is 12.5. The number of benzene rings is 1. The molecule has 1 aliphatic rings. The smallest absolute Gasteiger partial charge is 0.270 e. The van der Waals surface area contributed by atoms with E-state index in [0.717, 1.165) is 0 Å². The molecule has 2 N–H and O–H groups in total. The Hall–Kier alpha value is -2.63. The van der Waals surface area contributed by atoms with Crippen LogP contribution in [0, 0.1) is 0 Å². The number of rotatable bonds is 1. The van der Waals surface area contributed by atoms with E-state index in [9.17, 15) is 14.4 Å². The van der Waals surface area contributed by atoms with E-state index in [4.69, 9.17) is 0 Å². The van der Waals surface area contributed by atoms with Crippen molar-refractivity contribution in [2.75, 3.05) is 19.6 Å². The molecule has 2 amide bonds. The Kier molecular flexibility index (Phi) is 3.43. The predicted octanol–water partition coefficient (Wildman–Crippen LogP) is 0.490. The van der Waals surface area contributed by atoms with E-state index in [-0.39, 0.29) is 29.4 Å². The summed E-state index contributed by atoms with van der Waals surface area (Å²) < 4.78 is 0. The van der Waals surface area contributed by atoms with E-state index in [0.29, 0.717) is 30.5 Å². The fraction of sp³-hybridized carbons (Fsp3) is 0.267. The van der Waals surface area contributed by atoms with Crippen LogP contribution in [-0.4, -0.2) is 41.3 Å². The maximum Gasteiger partial charge on any atom is 0.270 e. The zero-order valence-electron chi connectivity index (χ0n) is 11.4. The van der Waals surface area contributed by atoms with Crippen molar-refractivity contribution in [3.05, 3.63) is 46.2 Å². The third-order valence-electron chi connectivity index (χ3n) is 3.57. The first kappa shape index (κ1) is 13.4. The number of H-pyrrole nitrogens is 1. The first-order valence-electron chi connectivity index (χ1n) is 6.83. The summed E-state index contributed by atoms with van der Waals surface area (Å²) in [6.45, 7) is 1.24. The highest BCUT2D eigenvalue weighted by atomic mass is 16.2. The summed E-state index contributed by atoms with van der Waals surface area (Å²) in [5.74, 6) is -0.313. The van der Waals surface area contributed by atoms with Crippen LogP contribution in [-0.2, 0) is 4.79 Å². The summed E-state index contributed by atoms with van der Waals surface area (Å²) in [6, 6.07) is 8.40. The number of carbonyl (C=O) groups excluding carboxylic acids is 2. The molecule has 2 heterocycles. The van der Waals surface area contributed by atoms with Crippen LogP contribution >= 0.6 is 0 Å². The Morgan fingerprint density at radius 3 is 2.81 bits per heavy atom. The van der Waals surface area contributed by atoms with Gasteiger partial charge in [-0.25, -0.2) is 0 Å². The van der Waals surface area contributed by atoms with Gasteiger partial charge in [0.15, 0.2) is 5.43 Å². The second kappa shape index (κ2) is 5.40. The molecular weight excluding hydrogens is 270 g/mol. The average Bonchev–Trinajstić information content (AvgIpc) is 2.71. The van der Waals surface area contributed by atoms with Gasteiger partial charge in [-0.05, 0) is 12.1 Å². The van der Waals surface area contributed by atoms with E-state index < -0.39 is 0 Å². The van der Waals surface area contributed by atoms with Gasteiger partial charge < -0.3 is 15.2 Å². The van der Waals surface area contributed by atoms with Crippen LogP contribution in [0.25, 0.3) is 10.9 Å². The van der Waals surface area contributed by atoms with Crippen LogP contribution < -0.4 is 10.7 Å². The third-order valence-corrected chi connectivity index (χ3v) is 3.57. The highest BCUT2D eigenvalue weighted by Gasteiger charge is 2.20. The second-order valence-electron chi connectivity index (χ2n) is 4.99. The highest BCUT2D eigenvalue weighted by molar-refractivity contribution is 5.95. The largest absolute Gasteiger partial charge is 0.354 e. The van der Waals surface area contributed by atoms with Gasteiger partial charge in [-0.2, -0.15) is 0 Å². The van der Waals surface area contributed by atoms with Gasteiger partial charge in [-0.1, -0.05) is 12.1 Å². The van der Waals surface area contributed by atoms with Crippen LogP contribution in [0.5, 0.6) is 0 Å².